The summed E-state index contributed by atoms with van der Waals surface area (Å²) in [6.45, 7) is 14.7. The van der Waals surface area contributed by atoms with E-state index in [1.54, 1.807) is 44.4 Å². The van der Waals surface area contributed by atoms with Crippen LogP contribution in [0.2, 0.25) is 0 Å². The van der Waals surface area contributed by atoms with E-state index in [0.717, 1.165) is 91.1 Å². The van der Waals surface area contributed by atoms with Crippen molar-refractivity contribution in [1.29, 1.82) is 0 Å². The Hall–Kier alpha value is -6.34. The fourth-order valence-corrected chi connectivity index (χ4v) is 11.2. The molecular formula is C60H65F2LiN2O11. The number of aryl methyl sites for hydroxylation is 4. The Balaban J connectivity index is 0.000000216. The third kappa shape index (κ3) is 12.6. The first kappa shape index (κ1) is 57.4. The fraction of sp³-hybridized carbons (Fsp3) is 0.400. The summed E-state index contributed by atoms with van der Waals surface area (Å²) in [6.07, 6.45) is 5.34. The Labute approximate surface area is 454 Å². The molecule has 0 spiro atoms. The molecule has 2 fully saturated rings. The molecule has 16 heteroatoms. The molecule has 4 aliphatic rings. The first-order chi connectivity index (χ1) is 35.5. The molecule has 4 aliphatic carbocycles. The summed E-state index contributed by atoms with van der Waals surface area (Å²) in [5.74, 6) is 1.19. The van der Waals surface area contributed by atoms with Gasteiger partial charge in [-0.25, -0.2) is 18.7 Å². The van der Waals surface area contributed by atoms with Gasteiger partial charge in [-0.05, 0) is 188 Å². The Kier molecular flexibility index (Phi) is 18.4. The van der Waals surface area contributed by atoms with Crippen LogP contribution in [0.5, 0.6) is 23.3 Å². The van der Waals surface area contributed by atoms with Gasteiger partial charge >= 0.3 is 30.8 Å². The molecule has 0 aliphatic heterocycles. The molecule has 0 radical (unpaired) electrons. The number of carboxylic acid groups (broad SMARTS) is 1. The van der Waals surface area contributed by atoms with Gasteiger partial charge in [0.1, 0.15) is 36.3 Å². The van der Waals surface area contributed by atoms with Gasteiger partial charge < -0.3 is 44.5 Å². The Bertz CT molecular complexity index is 3050. The minimum atomic E-state index is -0.740. The molecule has 0 amide bonds. The van der Waals surface area contributed by atoms with E-state index < -0.39 is 18.2 Å². The van der Waals surface area contributed by atoms with Crippen LogP contribution < -0.4 is 37.8 Å². The molecular weight excluding hydrogens is 970 g/mol. The summed E-state index contributed by atoms with van der Waals surface area (Å²) < 4.78 is 57.9. The minimum Gasteiger partial charge on any atom is -0.870 e. The number of carbonyl (C=O) groups is 2. The van der Waals surface area contributed by atoms with E-state index >= 15 is 0 Å². The van der Waals surface area contributed by atoms with Gasteiger partial charge in [0.2, 0.25) is 11.8 Å². The van der Waals surface area contributed by atoms with Crippen molar-refractivity contribution in [3.8, 4) is 45.5 Å². The van der Waals surface area contributed by atoms with Gasteiger partial charge in [-0.2, -0.15) is 0 Å². The van der Waals surface area contributed by atoms with Gasteiger partial charge in [-0.1, -0.05) is 12.1 Å². The number of ether oxygens (including phenoxy) is 5. The second-order valence-corrected chi connectivity index (χ2v) is 20.4. The Morgan fingerprint density at radius 3 is 1.43 bits per heavy atom. The zero-order valence-corrected chi connectivity index (χ0v) is 44.4. The third-order valence-corrected chi connectivity index (χ3v) is 14.9. The van der Waals surface area contributed by atoms with Crippen molar-refractivity contribution in [3.63, 3.8) is 0 Å². The molecule has 6 aromatic rings. The number of rotatable bonds is 19. The number of carbonyl (C=O) groups excluding carboxylic acids is 1. The van der Waals surface area contributed by atoms with Crippen molar-refractivity contribution in [2.45, 2.75) is 111 Å². The topological polar surface area (TPSA) is 197 Å². The van der Waals surface area contributed by atoms with Crippen LogP contribution in [0.25, 0.3) is 22.3 Å². The largest absolute Gasteiger partial charge is 1.00 e. The van der Waals surface area contributed by atoms with Crippen molar-refractivity contribution in [1.82, 2.24) is 9.97 Å². The maximum absolute atomic E-state index is 14.7. The van der Waals surface area contributed by atoms with Crippen LogP contribution in [-0.2, 0) is 40.4 Å². The molecule has 13 nitrogen and oxygen atoms in total. The maximum atomic E-state index is 14.7. The number of esters is 1. The number of hydrogen-bond acceptors (Lipinski definition) is 12. The summed E-state index contributed by atoms with van der Waals surface area (Å²) >= 11 is 0. The van der Waals surface area contributed by atoms with Crippen molar-refractivity contribution < 1.29 is 81.7 Å². The number of aliphatic hydroxyl groups excluding tert-OH is 2. The number of carboxylic acids is 1. The predicted octanol–water partition coefficient (Wildman–Crippen LogP) is 7.71. The summed E-state index contributed by atoms with van der Waals surface area (Å²) in [5.41, 5.74) is 13.1. The number of aromatic nitrogens is 2. The number of aliphatic hydroxyl groups is 2. The molecule has 396 valence electrons. The average molecular weight is 1040 g/mol. The minimum absolute atomic E-state index is 0. The summed E-state index contributed by atoms with van der Waals surface area (Å²) in [4.78, 5) is 32.2. The Morgan fingerprint density at radius 1 is 0.632 bits per heavy atom. The van der Waals surface area contributed by atoms with Crippen LogP contribution >= 0.6 is 0 Å². The van der Waals surface area contributed by atoms with Crippen LogP contribution in [0, 0.1) is 63.0 Å². The first-order valence-electron chi connectivity index (χ1n) is 25.5. The second-order valence-electron chi connectivity index (χ2n) is 20.4. The second kappa shape index (κ2) is 24.3. The van der Waals surface area contributed by atoms with Crippen LogP contribution in [0.3, 0.4) is 0 Å². The van der Waals surface area contributed by atoms with E-state index in [1.165, 1.54) is 12.1 Å². The Morgan fingerprint density at radius 2 is 1.04 bits per heavy atom. The van der Waals surface area contributed by atoms with E-state index in [1.807, 2.05) is 77.1 Å². The molecule has 0 bridgehead atoms. The fourth-order valence-electron chi connectivity index (χ4n) is 11.2. The molecule has 8 atom stereocenters. The van der Waals surface area contributed by atoms with E-state index in [0.29, 0.717) is 55.5 Å². The molecule has 4 N–H and O–H groups in total. The van der Waals surface area contributed by atoms with Crippen molar-refractivity contribution in [2.75, 3.05) is 19.8 Å². The van der Waals surface area contributed by atoms with Crippen molar-refractivity contribution >= 4 is 11.9 Å². The van der Waals surface area contributed by atoms with Gasteiger partial charge in [0.15, 0.2) is 0 Å². The number of fused-ring (bicyclic) bond motifs is 6. The van der Waals surface area contributed by atoms with Crippen LogP contribution in [-0.4, -0.2) is 74.7 Å². The average Bonchev–Trinajstić information content (AvgIpc) is 4.16. The van der Waals surface area contributed by atoms with Crippen LogP contribution in [0.4, 0.5) is 8.78 Å². The monoisotopic (exact) mass is 1030 g/mol. The molecule has 2 saturated carbocycles. The zero-order chi connectivity index (χ0) is 52.5. The molecule has 76 heavy (non-hydrogen) atoms. The molecule has 2 aromatic heterocycles. The van der Waals surface area contributed by atoms with Gasteiger partial charge in [0.25, 0.3) is 0 Å². The third-order valence-electron chi connectivity index (χ3n) is 14.9. The number of aliphatic carboxylic acids is 1. The maximum Gasteiger partial charge on any atom is 1.00 e. The molecule has 10 rings (SSSR count). The van der Waals surface area contributed by atoms with Gasteiger partial charge in [0, 0.05) is 60.3 Å². The number of halogens is 2. The van der Waals surface area contributed by atoms with Crippen molar-refractivity contribution in [2.24, 2.45) is 23.7 Å². The predicted molar refractivity (Wildman–Crippen MR) is 276 cm³/mol. The molecule has 2 heterocycles. The molecule has 2 unspecified atom stereocenters. The number of pyridine rings is 2. The first-order valence-corrected chi connectivity index (χ1v) is 25.5. The van der Waals surface area contributed by atoms with E-state index in [4.69, 9.17) is 23.7 Å². The van der Waals surface area contributed by atoms with Crippen LogP contribution in [0.1, 0.15) is 101 Å². The SMILES string of the molecule is CCOC(=O)[C@H]1[C@@H]2Cc3cc(OCc4cc(-c5c(C)cc(OCCC(C)O)cc5C)ccc4F)ncc3[C@@H]21.Cc1cc(OCCC(C)O)cc(C)c1-c1ccc(F)c(COc2cc3c(cn2)[C@H]2[C@@H](C3)[C@@H]2C(=O)O)c1.[Li+].[OH-]. The van der Waals surface area contributed by atoms with Gasteiger partial charge in [0.05, 0.1) is 43.9 Å². The standard InChI is InChI=1S/C31H34FNO5.C29H30FNO5.Li.H2O/c1-5-36-31(35)30-24-13-21-14-27(33-15-25(21)29(24)30)38-16-22-12-20(6-7-26(22)32)28-17(2)10-23(11-18(28)3)37-9-8-19(4)34;1-15-8-21(35-7-6-17(3)32)9-16(2)26(15)18-4-5-24(30)20(10-18)14-36-25-12-19-11-22-27(23(19)13-31-25)28(22)29(33)34;;/h6-7,10-12,14-15,19,24,29-30,34H,5,8-9,13,16H2,1-4H3;4-5,8-10,12-13,17,22,27-28,32H,6-7,11,14H2,1-3H3,(H,33,34);;1H2/q;;+1;/p-1/t19?,24-,29-,30+;17?,22-,27-,28+;;/m11../s1. The normalized spacial score (nSPS) is 19.6. The number of nitrogens with zero attached hydrogens (tertiary/aromatic N) is 2. The van der Waals surface area contributed by atoms with E-state index in [2.05, 4.69) is 9.97 Å². The summed E-state index contributed by atoms with van der Waals surface area (Å²) in [5, 5.41) is 28.2. The molecule has 0 saturated heterocycles. The number of benzene rings is 4. The number of hydrogen-bond donors (Lipinski definition) is 3. The smallest absolute Gasteiger partial charge is 0.870 e. The summed E-state index contributed by atoms with van der Waals surface area (Å²) in [6, 6.07) is 21.7. The van der Waals surface area contributed by atoms with E-state index in [-0.39, 0.29) is 90.7 Å². The quantitative estimate of drug-likeness (QED) is 0.0528. The van der Waals surface area contributed by atoms with Gasteiger partial charge in [-0.3, -0.25) is 9.59 Å². The zero-order valence-electron chi connectivity index (χ0n) is 44.4. The van der Waals surface area contributed by atoms with Gasteiger partial charge in [-0.15, -0.1) is 0 Å². The van der Waals surface area contributed by atoms with Crippen molar-refractivity contribution in [3.05, 3.63) is 152 Å². The van der Waals surface area contributed by atoms with Crippen LogP contribution in [0.15, 0.2) is 85.2 Å². The van der Waals surface area contributed by atoms with E-state index in [9.17, 15) is 33.7 Å². The summed E-state index contributed by atoms with van der Waals surface area (Å²) in [7, 11) is 0. The molecule has 4 aromatic carbocycles.